The minimum Gasteiger partial charge on any atom is -0.483 e. The number of ether oxygens (including phenoxy) is 1. The number of rotatable bonds is 11. The Balaban J connectivity index is 2.15. The van der Waals surface area contributed by atoms with E-state index in [0.29, 0.717) is 31.8 Å². The van der Waals surface area contributed by atoms with Crippen molar-refractivity contribution in [2.45, 2.75) is 52.5 Å². The van der Waals surface area contributed by atoms with Gasteiger partial charge in [-0.3, -0.25) is 9.59 Å². The van der Waals surface area contributed by atoms with Gasteiger partial charge in [-0.2, -0.15) is 0 Å². The van der Waals surface area contributed by atoms with Gasteiger partial charge >= 0.3 is 0 Å². The van der Waals surface area contributed by atoms with E-state index < -0.39 is 6.04 Å². The summed E-state index contributed by atoms with van der Waals surface area (Å²) in [4.78, 5) is 27.4. The predicted octanol–water partition coefficient (Wildman–Crippen LogP) is 4.17. The summed E-state index contributed by atoms with van der Waals surface area (Å²) >= 11 is 0. The van der Waals surface area contributed by atoms with Crippen LogP contribution in [0.4, 0.5) is 0 Å². The monoisotopic (exact) mass is 410 g/mol. The molecule has 0 aromatic heterocycles. The fourth-order valence-electron chi connectivity index (χ4n) is 3.50. The Hall–Kier alpha value is -2.82. The van der Waals surface area contributed by atoms with E-state index in [-0.39, 0.29) is 18.4 Å². The third-order valence-electron chi connectivity index (χ3n) is 5.11. The van der Waals surface area contributed by atoms with Crippen molar-refractivity contribution in [3.63, 3.8) is 0 Å². The van der Waals surface area contributed by atoms with Crippen molar-refractivity contribution in [3.8, 4) is 5.75 Å². The van der Waals surface area contributed by atoms with Gasteiger partial charge in [0.15, 0.2) is 6.61 Å². The first-order valence-corrected chi connectivity index (χ1v) is 10.8. The quantitative estimate of drug-likeness (QED) is 0.605. The number of nitrogens with zero attached hydrogens (tertiary/aromatic N) is 1. The molecule has 0 aliphatic heterocycles. The van der Waals surface area contributed by atoms with E-state index in [1.807, 2.05) is 68.4 Å². The van der Waals surface area contributed by atoms with Gasteiger partial charge in [-0.05, 0) is 42.9 Å². The van der Waals surface area contributed by atoms with Crippen LogP contribution in [0.3, 0.4) is 0 Å². The zero-order valence-corrected chi connectivity index (χ0v) is 18.6. The van der Waals surface area contributed by atoms with Gasteiger partial charge in [0.05, 0.1) is 0 Å². The Morgan fingerprint density at radius 2 is 1.67 bits per heavy atom. The van der Waals surface area contributed by atoms with E-state index in [9.17, 15) is 9.59 Å². The molecule has 0 fully saturated rings. The fraction of sp³-hybridized carbons (Fsp3) is 0.440. The predicted molar refractivity (Wildman–Crippen MR) is 121 cm³/mol. The smallest absolute Gasteiger partial charge is 0.261 e. The molecule has 162 valence electrons. The van der Waals surface area contributed by atoms with Crippen LogP contribution in [0.5, 0.6) is 5.75 Å². The van der Waals surface area contributed by atoms with Gasteiger partial charge in [-0.25, -0.2) is 0 Å². The Morgan fingerprint density at radius 3 is 2.30 bits per heavy atom. The van der Waals surface area contributed by atoms with E-state index in [0.717, 1.165) is 16.9 Å². The molecule has 0 saturated carbocycles. The summed E-state index contributed by atoms with van der Waals surface area (Å²) in [6.07, 6.45) is 1.24. The topological polar surface area (TPSA) is 58.6 Å². The van der Waals surface area contributed by atoms with E-state index in [1.54, 1.807) is 4.90 Å². The lowest BCUT2D eigenvalue weighted by atomic mass is 10.0. The van der Waals surface area contributed by atoms with Gasteiger partial charge in [-0.15, -0.1) is 0 Å². The molecule has 2 aromatic carbocycles. The molecule has 1 N–H and O–H groups in total. The molecule has 2 rings (SSSR count). The molecule has 5 nitrogen and oxygen atoms in total. The van der Waals surface area contributed by atoms with Crippen LogP contribution in [0.1, 0.15) is 51.2 Å². The highest BCUT2D eigenvalue weighted by Crippen LogP contribution is 2.26. The summed E-state index contributed by atoms with van der Waals surface area (Å²) in [7, 11) is 0. The van der Waals surface area contributed by atoms with Crippen molar-refractivity contribution < 1.29 is 14.3 Å². The summed E-state index contributed by atoms with van der Waals surface area (Å²) in [6.45, 7) is 8.91. The van der Waals surface area contributed by atoms with Crippen LogP contribution in [-0.4, -0.2) is 42.5 Å². The SMILES string of the molecule is CCNC(=O)C(CC)N(CCc1ccccc1)C(=O)COc1ccccc1C(C)C. The molecule has 0 bridgehead atoms. The van der Waals surface area contributed by atoms with E-state index in [2.05, 4.69) is 19.2 Å². The summed E-state index contributed by atoms with van der Waals surface area (Å²) < 4.78 is 5.90. The first-order valence-electron chi connectivity index (χ1n) is 10.8. The molecule has 0 saturated heterocycles. The lowest BCUT2D eigenvalue weighted by Crippen LogP contribution is -2.51. The second-order valence-electron chi connectivity index (χ2n) is 7.62. The third kappa shape index (κ3) is 6.61. The number of hydrogen-bond donors (Lipinski definition) is 1. The fourth-order valence-corrected chi connectivity index (χ4v) is 3.50. The highest BCUT2D eigenvalue weighted by Gasteiger charge is 2.28. The average Bonchev–Trinajstić information content (AvgIpc) is 2.75. The third-order valence-corrected chi connectivity index (χ3v) is 5.11. The summed E-state index contributed by atoms with van der Waals surface area (Å²) in [6, 6.07) is 17.3. The van der Waals surface area contributed by atoms with Crippen LogP contribution >= 0.6 is 0 Å². The summed E-state index contributed by atoms with van der Waals surface area (Å²) in [5, 5.41) is 2.85. The maximum absolute atomic E-state index is 13.1. The number of likely N-dealkylation sites (N-methyl/N-ethyl adjacent to an activating group) is 1. The molecule has 0 heterocycles. The van der Waals surface area contributed by atoms with Gasteiger partial charge in [-0.1, -0.05) is 69.3 Å². The van der Waals surface area contributed by atoms with Crippen LogP contribution in [0, 0.1) is 0 Å². The van der Waals surface area contributed by atoms with Crippen LogP contribution < -0.4 is 10.1 Å². The number of carbonyl (C=O) groups is 2. The number of carbonyl (C=O) groups excluding carboxylic acids is 2. The van der Waals surface area contributed by atoms with Crippen LogP contribution in [0.15, 0.2) is 54.6 Å². The standard InChI is InChI=1S/C25H34N2O3/c1-5-22(25(29)26-6-2)27(17-16-20-12-8-7-9-13-20)24(28)18-30-23-15-11-10-14-21(23)19(3)4/h7-15,19,22H,5-6,16-18H2,1-4H3,(H,26,29). The zero-order valence-electron chi connectivity index (χ0n) is 18.6. The normalized spacial score (nSPS) is 11.8. The van der Waals surface area contributed by atoms with Crippen LogP contribution in [0.2, 0.25) is 0 Å². The Morgan fingerprint density at radius 1 is 1.00 bits per heavy atom. The minimum absolute atomic E-state index is 0.0889. The molecular weight excluding hydrogens is 376 g/mol. The van der Waals surface area contributed by atoms with Crippen molar-refractivity contribution in [1.82, 2.24) is 10.2 Å². The maximum atomic E-state index is 13.1. The second kappa shape index (κ2) is 12.0. The van der Waals surface area contributed by atoms with Crippen LogP contribution in [0.25, 0.3) is 0 Å². The molecule has 0 aliphatic rings. The van der Waals surface area contributed by atoms with Crippen molar-refractivity contribution in [3.05, 3.63) is 65.7 Å². The van der Waals surface area contributed by atoms with Crippen molar-refractivity contribution in [1.29, 1.82) is 0 Å². The zero-order chi connectivity index (χ0) is 21.9. The molecule has 1 unspecified atom stereocenters. The molecule has 5 heteroatoms. The van der Waals surface area contributed by atoms with Crippen LogP contribution in [-0.2, 0) is 16.0 Å². The summed E-state index contributed by atoms with van der Waals surface area (Å²) in [5.74, 6) is 0.714. The van der Waals surface area contributed by atoms with Gasteiger partial charge < -0.3 is 15.0 Å². The van der Waals surface area contributed by atoms with Crippen molar-refractivity contribution >= 4 is 11.8 Å². The first-order chi connectivity index (χ1) is 14.5. The number of hydrogen-bond acceptors (Lipinski definition) is 3. The van der Waals surface area contributed by atoms with Crippen molar-refractivity contribution in [2.75, 3.05) is 19.7 Å². The maximum Gasteiger partial charge on any atom is 0.261 e. The number of para-hydroxylation sites is 1. The van der Waals surface area contributed by atoms with E-state index in [4.69, 9.17) is 4.74 Å². The minimum atomic E-state index is -0.509. The molecule has 30 heavy (non-hydrogen) atoms. The highest BCUT2D eigenvalue weighted by atomic mass is 16.5. The largest absolute Gasteiger partial charge is 0.483 e. The first kappa shape index (κ1) is 23.5. The second-order valence-corrected chi connectivity index (χ2v) is 7.62. The molecular formula is C25H34N2O3. The lowest BCUT2D eigenvalue weighted by molar-refractivity contribution is -0.142. The summed E-state index contributed by atoms with van der Waals surface area (Å²) in [5.41, 5.74) is 2.20. The highest BCUT2D eigenvalue weighted by molar-refractivity contribution is 5.88. The van der Waals surface area contributed by atoms with Gasteiger partial charge in [0.1, 0.15) is 11.8 Å². The Labute approximate surface area is 180 Å². The van der Waals surface area contributed by atoms with Gasteiger partial charge in [0, 0.05) is 13.1 Å². The number of amides is 2. The van der Waals surface area contributed by atoms with E-state index in [1.165, 1.54) is 0 Å². The molecule has 0 aliphatic carbocycles. The average molecular weight is 411 g/mol. The van der Waals surface area contributed by atoms with Crippen molar-refractivity contribution in [2.24, 2.45) is 0 Å². The number of nitrogens with one attached hydrogen (secondary N) is 1. The molecule has 1 atom stereocenters. The molecule has 0 radical (unpaired) electrons. The molecule has 2 aromatic rings. The Kier molecular flexibility index (Phi) is 9.39. The number of benzene rings is 2. The van der Waals surface area contributed by atoms with Gasteiger partial charge in [0.25, 0.3) is 5.91 Å². The lowest BCUT2D eigenvalue weighted by Gasteiger charge is -2.30. The van der Waals surface area contributed by atoms with E-state index >= 15 is 0 Å². The van der Waals surface area contributed by atoms with Gasteiger partial charge in [0.2, 0.25) is 5.91 Å². The molecule has 0 spiro atoms. The Bertz CT molecular complexity index is 805. The molecule has 2 amide bonds.